The van der Waals surface area contributed by atoms with E-state index in [9.17, 15) is 4.79 Å². The third kappa shape index (κ3) is 5.53. The zero-order chi connectivity index (χ0) is 27.1. The van der Waals surface area contributed by atoms with E-state index in [4.69, 9.17) is 9.72 Å². The third-order valence-electron chi connectivity index (χ3n) is 6.50. The van der Waals surface area contributed by atoms with Crippen LogP contribution in [0.25, 0.3) is 27.8 Å². The maximum absolute atomic E-state index is 12.2. The lowest BCUT2D eigenvalue weighted by molar-refractivity contribution is 0.0509. The van der Waals surface area contributed by atoms with Crippen LogP contribution >= 0.6 is 11.8 Å². The van der Waals surface area contributed by atoms with Crippen LogP contribution < -0.4 is 10.2 Å². The Morgan fingerprint density at radius 3 is 2.79 bits per heavy atom. The van der Waals surface area contributed by atoms with Crippen molar-refractivity contribution in [3.63, 3.8) is 0 Å². The molecule has 5 heterocycles. The largest absolute Gasteiger partial charge is 0.444 e. The lowest BCUT2D eigenvalue weighted by Crippen LogP contribution is -2.40. The number of anilines is 1. The van der Waals surface area contributed by atoms with E-state index >= 15 is 0 Å². The molecular formula is C28H30N8O2S. The Balaban J connectivity index is 1.19. The molecule has 1 fully saturated rings. The number of rotatable bonds is 5. The quantitative estimate of drug-likeness (QED) is 0.333. The number of hydrogen-bond donors (Lipinski definition) is 1. The highest BCUT2D eigenvalue weighted by atomic mass is 32.2. The van der Waals surface area contributed by atoms with Crippen LogP contribution in [0.15, 0.2) is 71.1 Å². The SMILES string of the molecule is Cn1ccc(-c2ccc3nnc(Sc4ccc5ncc(N6CCC(NC(=O)OC(C)(C)C)C6)cc5c4)n3c2)n1. The smallest absolute Gasteiger partial charge is 0.407 e. The van der Waals surface area contributed by atoms with E-state index in [0.29, 0.717) is 6.54 Å². The number of hydrogen-bond acceptors (Lipinski definition) is 8. The lowest BCUT2D eigenvalue weighted by atomic mass is 10.2. The number of pyridine rings is 2. The van der Waals surface area contributed by atoms with Crippen LogP contribution in [0.5, 0.6) is 0 Å². The molecule has 1 aromatic carbocycles. The minimum absolute atomic E-state index is 0.0367. The summed E-state index contributed by atoms with van der Waals surface area (Å²) < 4.78 is 9.20. The fourth-order valence-corrected chi connectivity index (χ4v) is 5.55. The zero-order valence-corrected chi connectivity index (χ0v) is 23.1. The van der Waals surface area contributed by atoms with Crippen molar-refractivity contribution >= 4 is 40.1 Å². The molecule has 1 unspecified atom stereocenters. The zero-order valence-electron chi connectivity index (χ0n) is 22.3. The molecule has 0 saturated carbocycles. The fourth-order valence-electron chi connectivity index (χ4n) is 4.69. The number of ether oxygens (including phenoxy) is 1. The van der Waals surface area contributed by atoms with Gasteiger partial charge in [-0.2, -0.15) is 5.10 Å². The van der Waals surface area contributed by atoms with Gasteiger partial charge in [0.05, 0.1) is 29.1 Å². The van der Waals surface area contributed by atoms with Gasteiger partial charge in [0.2, 0.25) is 0 Å². The van der Waals surface area contributed by atoms with Gasteiger partial charge in [-0.15, -0.1) is 10.2 Å². The van der Waals surface area contributed by atoms with Crippen molar-refractivity contribution in [1.82, 2.24) is 34.7 Å². The lowest BCUT2D eigenvalue weighted by Gasteiger charge is -2.22. The van der Waals surface area contributed by atoms with E-state index in [-0.39, 0.29) is 12.1 Å². The summed E-state index contributed by atoms with van der Waals surface area (Å²) in [7, 11) is 1.91. The van der Waals surface area contributed by atoms with Gasteiger partial charge in [0.15, 0.2) is 10.8 Å². The molecule has 200 valence electrons. The van der Waals surface area contributed by atoms with Gasteiger partial charge in [-0.05, 0) is 81.4 Å². The number of fused-ring (bicyclic) bond motifs is 2. The highest BCUT2D eigenvalue weighted by molar-refractivity contribution is 7.99. The Morgan fingerprint density at radius 1 is 1.13 bits per heavy atom. The molecule has 1 aliphatic heterocycles. The van der Waals surface area contributed by atoms with Crippen LogP contribution in [-0.2, 0) is 11.8 Å². The average molecular weight is 543 g/mol. The summed E-state index contributed by atoms with van der Waals surface area (Å²) in [6, 6.07) is 14.4. The van der Waals surface area contributed by atoms with Crippen LogP contribution in [0, 0.1) is 0 Å². The second-order valence-electron chi connectivity index (χ2n) is 10.7. The molecule has 6 rings (SSSR count). The summed E-state index contributed by atoms with van der Waals surface area (Å²) in [6.07, 6.45) is 6.33. The van der Waals surface area contributed by atoms with Crippen LogP contribution in [0.2, 0.25) is 0 Å². The van der Waals surface area contributed by atoms with E-state index in [2.05, 4.69) is 43.7 Å². The average Bonchev–Trinajstić information content (AvgIpc) is 3.63. The first-order valence-corrected chi connectivity index (χ1v) is 13.7. The first kappa shape index (κ1) is 25.2. The summed E-state index contributed by atoms with van der Waals surface area (Å²) in [5.74, 6) is 0. The Labute approximate surface area is 230 Å². The molecule has 1 saturated heterocycles. The number of nitrogens with zero attached hydrogens (tertiary/aromatic N) is 7. The maximum Gasteiger partial charge on any atom is 0.407 e. The van der Waals surface area contributed by atoms with Crippen LogP contribution in [0.1, 0.15) is 27.2 Å². The molecule has 5 aromatic rings. The monoisotopic (exact) mass is 542 g/mol. The van der Waals surface area contributed by atoms with Gasteiger partial charge < -0.3 is 15.0 Å². The van der Waals surface area contributed by atoms with Crippen molar-refractivity contribution < 1.29 is 9.53 Å². The summed E-state index contributed by atoms with van der Waals surface area (Å²) in [5, 5.41) is 18.1. The molecule has 11 heteroatoms. The Hall–Kier alpha value is -4.12. The Kier molecular flexibility index (Phi) is 6.38. The van der Waals surface area contributed by atoms with Crippen molar-refractivity contribution in [3.05, 3.63) is 61.1 Å². The minimum atomic E-state index is -0.513. The Morgan fingerprint density at radius 2 is 2.00 bits per heavy atom. The highest BCUT2D eigenvalue weighted by Crippen LogP contribution is 2.31. The fraction of sp³-hybridized carbons (Fsp3) is 0.321. The number of aryl methyl sites for hydroxylation is 1. The van der Waals surface area contributed by atoms with Gasteiger partial charge in [-0.1, -0.05) is 0 Å². The molecule has 0 bridgehead atoms. The predicted octanol–water partition coefficient (Wildman–Crippen LogP) is 4.93. The van der Waals surface area contributed by atoms with Gasteiger partial charge in [-0.25, -0.2) is 4.79 Å². The van der Waals surface area contributed by atoms with Crippen molar-refractivity contribution in [2.45, 2.75) is 48.9 Å². The van der Waals surface area contributed by atoms with E-state index in [0.717, 1.165) is 56.5 Å². The number of benzene rings is 1. The number of alkyl carbamates (subject to hydrolysis) is 1. The molecule has 39 heavy (non-hydrogen) atoms. The van der Waals surface area contributed by atoms with Gasteiger partial charge in [0, 0.05) is 48.4 Å². The van der Waals surface area contributed by atoms with E-state index < -0.39 is 5.60 Å². The third-order valence-corrected chi connectivity index (χ3v) is 7.45. The second kappa shape index (κ2) is 9.88. The number of carbonyl (C=O) groups excluding carboxylic acids is 1. The van der Waals surface area contributed by atoms with Gasteiger partial charge >= 0.3 is 6.09 Å². The van der Waals surface area contributed by atoms with Crippen molar-refractivity contribution in [2.75, 3.05) is 18.0 Å². The topological polar surface area (TPSA) is 102 Å². The number of aromatic nitrogens is 6. The summed E-state index contributed by atoms with van der Waals surface area (Å²) in [6.45, 7) is 7.15. The van der Waals surface area contributed by atoms with Crippen molar-refractivity contribution in [2.24, 2.45) is 7.05 Å². The molecule has 10 nitrogen and oxygen atoms in total. The number of carbonyl (C=O) groups is 1. The molecular weight excluding hydrogens is 512 g/mol. The van der Waals surface area contributed by atoms with Crippen molar-refractivity contribution in [1.29, 1.82) is 0 Å². The summed E-state index contributed by atoms with van der Waals surface area (Å²) in [5.41, 5.74) is 4.13. The highest BCUT2D eigenvalue weighted by Gasteiger charge is 2.26. The molecule has 0 spiro atoms. The maximum atomic E-state index is 12.2. The second-order valence-corrected chi connectivity index (χ2v) is 11.8. The molecule has 0 radical (unpaired) electrons. The van der Waals surface area contributed by atoms with E-state index in [1.807, 2.05) is 75.1 Å². The normalized spacial score (nSPS) is 15.8. The standard InChI is InChI=1S/C28H30N8O2S/c1-28(2,3)38-27(37)30-20-9-12-35(17-20)21-13-19-14-22(6-7-23(19)29-15-21)39-26-32-31-25-8-5-18(16-36(25)26)24-10-11-34(4)33-24/h5-8,10-11,13-16,20H,9,12,17H2,1-4H3,(H,30,37). The molecule has 0 aliphatic carbocycles. The summed E-state index contributed by atoms with van der Waals surface area (Å²) >= 11 is 1.56. The van der Waals surface area contributed by atoms with Gasteiger partial charge in [-0.3, -0.25) is 14.1 Å². The molecule has 1 atom stereocenters. The predicted molar refractivity (Wildman–Crippen MR) is 151 cm³/mol. The van der Waals surface area contributed by atoms with Crippen LogP contribution in [0.3, 0.4) is 0 Å². The van der Waals surface area contributed by atoms with E-state index in [1.165, 1.54) is 0 Å². The van der Waals surface area contributed by atoms with E-state index in [1.54, 1.807) is 16.4 Å². The first-order valence-electron chi connectivity index (χ1n) is 12.9. The van der Waals surface area contributed by atoms with Crippen molar-refractivity contribution in [3.8, 4) is 11.3 Å². The van der Waals surface area contributed by atoms with Gasteiger partial charge in [0.25, 0.3) is 0 Å². The molecule has 1 N–H and O–H groups in total. The Bertz CT molecular complexity index is 1670. The van der Waals surface area contributed by atoms with Gasteiger partial charge in [0.1, 0.15) is 5.60 Å². The summed E-state index contributed by atoms with van der Waals surface area (Å²) in [4.78, 5) is 20.2. The number of amides is 1. The van der Waals surface area contributed by atoms with Crippen LogP contribution in [0.4, 0.5) is 10.5 Å². The molecule has 1 aliphatic rings. The molecule has 1 amide bonds. The molecule has 4 aromatic heterocycles. The first-order chi connectivity index (χ1) is 18.7. The minimum Gasteiger partial charge on any atom is -0.444 e. The number of nitrogens with one attached hydrogen (secondary N) is 1. The van der Waals surface area contributed by atoms with Crippen LogP contribution in [-0.4, -0.2) is 60.2 Å².